The van der Waals surface area contributed by atoms with Crippen molar-refractivity contribution in [2.24, 2.45) is 0 Å². The first-order chi connectivity index (χ1) is 6.36. The van der Waals surface area contributed by atoms with Crippen molar-refractivity contribution in [3.8, 4) is 11.1 Å². The van der Waals surface area contributed by atoms with E-state index in [1.807, 2.05) is 42.5 Å². The van der Waals surface area contributed by atoms with Crippen LogP contribution in [0.3, 0.4) is 0 Å². The summed E-state index contributed by atoms with van der Waals surface area (Å²) in [6, 6.07) is 18.2. The van der Waals surface area contributed by atoms with Crippen molar-refractivity contribution < 1.29 is 11.0 Å². The molecular weight excluding hydrogens is 187 g/mol. The largest absolute Gasteiger partial charge is 0.412 e. The van der Waals surface area contributed by atoms with Crippen LogP contribution in [0.5, 0.6) is 0 Å². The van der Waals surface area contributed by atoms with Crippen molar-refractivity contribution >= 4 is 13.3 Å². The van der Waals surface area contributed by atoms with Gasteiger partial charge in [-0.3, -0.25) is 0 Å². The molecule has 2 aromatic carbocycles. The smallest absolute Gasteiger partial charge is 0.113 e. The maximum absolute atomic E-state index is 5.60. The SMILES string of the molecule is O.O.[B]c1ccc(-c2ccccc2)cc1. The average molecular weight is 200 g/mol. The Hall–Kier alpha value is -1.58. The van der Waals surface area contributed by atoms with Crippen molar-refractivity contribution in [3.63, 3.8) is 0 Å². The zero-order valence-electron chi connectivity index (χ0n) is 8.27. The van der Waals surface area contributed by atoms with Gasteiger partial charge in [-0.05, 0) is 11.1 Å². The van der Waals surface area contributed by atoms with Crippen LogP contribution < -0.4 is 5.46 Å². The summed E-state index contributed by atoms with van der Waals surface area (Å²) >= 11 is 0. The van der Waals surface area contributed by atoms with Crippen LogP contribution in [0.1, 0.15) is 0 Å². The molecule has 76 valence electrons. The summed E-state index contributed by atoms with van der Waals surface area (Å²) in [5.74, 6) is 0. The highest BCUT2D eigenvalue weighted by atomic mass is 16.0. The second-order valence-electron chi connectivity index (χ2n) is 2.99. The second-order valence-corrected chi connectivity index (χ2v) is 2.99. The predicted molar refractivity (Wildman–Crippen MR) is 64.5 cm³/mol. The van der Waals surface area contributed by atoms with E-state index < -0.39 is 0 Å². The number of hydrogen-bond donors (Lipinski definition) is 0. The molecule has 0 spiro atoms. The molecule has 0 atom stereocenters. The van der Waals surface area contributed by atoms with Crippen LogP contribution in [0, 0.1) is 0 Å². The van der Waals surface area contributed by atoms with Crippen LogP contribution in [0.25, 0.3) is 11.1 Å². The first kappa shape index (κ1) is 13.4. The summed E-state index contributed by atoms with van der Waals surface area (Å²) in [5.41, 5.74) is 3.23. The predicted octanol–water partition coefficient (Wildman–Crippen LogP) is 0.498. The Bertz CT molecular complexity index is 384. The Morgan fingerprint density at radius 3 is 1.60 bits per heavy atom. The minimum atomic E-state index is 0. The van der Waals surface area contributed by atoms with Gasteiger partial charge in [0.25, 0.3) is 0 Å². The van der Waals surface area contributed by atoms with Crippen molar-refractivity contribution in [1.82, 2.24) is 0 Å². The minimum Gasteiger partial charge on any atom is -0.412 e. The van der Waals surface area contributed by atoms with Gasteiger partial charge in [0.15, 0.2) is 0 Å². The van der Waals surface area contributed by atoms with Crippen LogP contribution in [0.2, 0.25) is 0 Å². The molecule has 4 N–H and O–H groups in total. The molecule has 2 aromatic rings. The molecule has 2 rings (SSSR count). The highest BCUT2D eigenvalue weighted by Crippen LogP contribution is 2.16. The fraction of sp³-hybridized carbons (Fsp3) is 0. The van der Waals surface area contributed by atoms with Gasteiger partial charge in [0.05, 0.1) is 0 Å². The number of benzene rings is 2. The summed E-state index contributed by atoms with van der Waals surface area (Å²) in [6.07, 6.45) is 0. The van der Waals surface area contributed by atoms with E-state index in [1.54, 1.807) is 0 Å². The van der Waals surface area contributed by atoms with Gasteiger partial charge in [0, 0.05) is 0 Å². The lowest BCUT2D eigenvalue weighted by Crippen LogP contribution is -1.98. The number of rotatable bonds is 1. The lowest BCUT2D eigenvalue weighted by atomic mass is 9.94. The van der Waals surface area contributed by atoms with Crippen LogP contribution in [0.4, 0.5) is 0 Å². The average Bonchev–Trinajstić information content (AvgIpc) is 2.20. The van der Waals surface area contributed by atoms with Gasteiger partial charge in [0.1, 0.15) is 7.85 Å². The topological polar surface area (TPSA) is 63.0 Å². The van der Waals surface area contributed by atoms with E-state index in [1.165, 1.54) is 11.1 Å². The molecule has 0 fully saturated rings. The van der Waals surface area contributed by atoms with E-state index in [9.17, 15) is 0 Å². The third kappa shape index (κ3) is 3.24. The fourth-order valence-corrected chi connectivity index (χ4v) is 1.31. The third-order valence-electron chi connectivity index (χ3n) is 2.02. The van der Waals surface area contributed by atoms with Gasteiger partial charge in [-0.25, -0.2) is 0 Å². The molecule has 0 unspecified atom stereocenters. The van der Waals surface area contributed by atoms with E-state index in [2.05, 4.69) is 12.1 Å². The monoisotopic (exact) mass is 200 g/mol. The third-order valence-corrected chi connectivity index (χ3v) is 2.02. The molecule has 2 radical (unpaired) electrons. The molecule has 0 heterocycles. The maximum Gasteiger partial charge on any atom is 0.113 e. The second kappa shape index (κ2) is 6.01. The zero-order chi connectivity index (χ0) is 9.10. The standard InChI is InChI=1S/C12H9B.2H2O/c13-12-8-6-11(7-9-12)10-4-2-1-3-5-10;;/h1-9H;2*1H2. The van der Waals surface area contributed by atoms with E-state index in [4.69, 9.17) is 7.85 Å². The van der Waals surface area contributed by atoms with E-state index in [-0.39, 0.29) is 11.0 Å². The Morgan fingerprint density at radius 1 is 0.600 bits per heavy atom. The van der Waals surface area contributed by atoms with Gasteiger partial charge >= 0.3 is 0 Å². The lowest BCUT2D eigenvalue weighted by molar-refractivity contribution is 0.823. The molecular formula is C12H13BO2. The quantitative estimate of drug-likeness (QED) is 0.601. The summed E-state index contributed by atoms with van der Waals surface area (Å²) in [5, 5.41) is 0. The molecule has 0 aromatic heterocycles. The first-order valence-electron chi connectivity index (χ1n) is 4.27. The van der Waals surface area contributed by atoms with Crippen molar-refractivity contribution in [2.45, 2.75) is 0 Å². The highest BCUT2D eigenvalue weighted by molar-refractivity contribution is 6.32. The molecule has 0 saturated carbocycles. The molecule has 0 bridgehead atoms. The van der Waals surface area contributed by atoms with Gasteiger partial charge in [0.2, 0.25) is 0 Å². The normalized spacial score (nSPS) is 8.53. The fourth-order valence-electron chi connectivity index (χ4n) is 1.31. The molecule has 15 heavy (non-hydrogen) atoms. The molecule has 0 aliphatic rings. The maximum atomic E-state index is 5.60. The summed E-state index contributed by atoms with van der Waals surface area (Å²) in [6.45, 7) is 0. The van der Waals surface area contributed by atoms with Crippen LogP contribution in [0.15, 0.2) is 54.6 Å². The Balaban J connectivity index is 0.000000980. The molecule has 0 saturated heterocycles. The van der Waals surface area contributed by atoms with E-state index in [0.29, 0.717) is 0 Å². The minimum absolute atomic E-state index is 0. The summed E-state index contributed by atoms with van der Waals surface area (Å²) in [7, 11) is 5.60. The van der Waals surface area contributed by atoms with Gasteiger partial charge < -0.3 is 11.0 Å². The van der Waals surface area contributed by atoms with E-state index >= 15 is 0 Å². The van der Waals surface area contributed by atoms with Crippen molar-refractivity contribution in [2.75, 3.05) is 0 Å². The van der Waals surface area contributed by atoms with E-state index in [0.717, 1.165) is 5.46 Å². The van der Waals surface area contributed by atoms with Crippen LogP contribution >= 0.6 is 0 Å². The summed E-state index contributed by atoms with van der Waals surface area (Å²) < 4.78 is 0. The van der Waals surface area contributed by atoms with Crippen molar-refractivity contribution in [3.05, 3.63) is 54.6 Å². The van der Waals surface area contributed by atoms with Crippen LogP contribution in [-0.2, 0) is 0 Å². The van der Waals surface area contributed by atoms with Crippen LogP contribution in [-0.4, -0.2) is 18.8 Å². The molecule has 0 aliphatic carbocycles. The molecule has 3 heteroatoms. The number of hydrogen-bond acceptors (Lipinski definition) is 0. The van der Waals surface area contributed by atoms with Crippen molar-refractivity contribution in [1.29, 1.82) is 0 Å². The van der Waals surface area contributed by atoms with Gasteiger partial charge in [-0.1, -0.05) is 60.1 Å². The summed E-state index contributed by atoms with van der Waals surface area (Å²) in [4.78, 5) is 0. The molecule has 0 amide bonds. The molecule has 0 aliphatic heterocycles. The lowest BCUT2D eigenvalue weighted by Gasteiger charge is -2.00. The van der Waals surface area contributed by atoms with Gasteiger partial charge in [-0.2, -0.15) is 0 Å². The highest BCUT2D eigenvalue weighted by Gasteiger charge is 1.93. The molecule has 2 nitrogen and oxygen atoms in total. The Kier molecular flexibility index (Phi) is 5.38. The zero-order valence-corrected chi connectivity index (χ0v) is 8.27. The van der Waals surface area contributed by atoms with Gasteiger partial charge in [-0.15, -0.1) is 0 Å². The Labute approximate surface area is 90.6 Å². The Morgan fingerprint density at radius 2 is 1.07 bits per heavy atom. The first-order valence-corrected chi connectivity index (χ1v) is 4.27.